The summed E-state index contributed by atoms with van der Waals surface area (Å²) in [4.78, 5) is 0. The minimum absolute atomic E-state index is 0. The van der Waals surface area contributed by atoms with Crippen LogP contribution in [0.15, 0.2) is 322 Å². The topological polar surface area (TPSA) is 148 Å². The molecule has 146 heavy (non-hydrogen) atoms. The number of rotatable bonds is 13. The van der Waals surface area contributed by atoms with Crippen molar-refractivity contribution in [2.24, 2.45) is 148 Å². The molecule has 0 atom stereocenters. The molecule has 21 aromatic rings. The molecule has 0 aliphatic heterocycles. The Bertz CT molecular complexity index is 6850. The third kappa shape index (κ3) is 22.9. The average Bonchev–Trinajstić information content (AvgIpc) is 1.59. The fourth-order valence-electron chi connectivity index (χ4n) is 20.0. The first-order chi connectivity index (χ1) is 69.1. The predicted octanol–water partition coefficient (Wildman–Crippen LogP) is 11.5. The normalized spacial score (nSPS) is 10.7. The zero-order chi connectivity index (χ0) is 103. The van der Waals surface area contributed by atoms with Gasteiger partial charge in [-0.05, 0) is 151 Å². The summed E-state index contributed by atoms with van der Waals surface area (Å²) < 4.78 is 47.2. The van der Waals surface area contributed by atoms with Gasteiger partial charge in [-0.15, -0.1) is 0 Å². The second-order valence-corrected chi connectivity index (χ2v) is 36.1. The summed E-state index contributed by atoms with van der Waals surface area (Å²) in [5, 5.41) is 21.0. The molecule has 21 rings (SSSR count). The molecule has 0 radical (unpaired) electrons. The van der Waals surface area contributed by atoms with Gasteiger partial charge in [0.2, 0.25) is 0 Å². The largest absolute Gasteiger partial charge is 0.400 e. The quantitative estimate of drug-likeness (QED) is 0.0779. The zero-order valence-electron chi connectivity index (χ0n) is 90.2. The molecule has 0 aliphatic rings. The molecule has 0 amide bonds. The van der Waals surface area contributed by atoms with Crippen LogP contribution in [0.4, 0.5) is 0 Å². The maximum Gasteiger partial charge on any atom is 0.355 e. The summed E-state index contributed by atoms with van der Waals surface area (Å²) in [6, 6.07) is 101. The van der Waals surface area contributed by atoms with Crippen molar-refractivity contribution in [3.63, 3.8) is 0 Å². The van der Waals surface area contributed by atoms with Crippen LogP contribution in [0.5, 0.6) is 0 Å². The molecule has 15 aromatic heterocycles. The van der Waals surface area contributed by atoms with Crippen molar-refractivity contribution < 1.29 is 142 Å². The van der Waals surface area contributed by atoms with Crippen molar-refractivity contribution in [3.8, 4) is 103 Å². The molecule has 0 saturated carbocycles. The monoisotopic (exact) mass is 2220 g/mol. The molecule has 27 heteroatoms. The third-order valence-electron chi connectivity index (χ3n) is 27.9. The maximum atomic E-state index is 7.00. The van der Waals surface area contributed by atoms with Crippen molar-refractivity contribution in [1.29, 1.82) is 0 Å². The number of aromatic nitrogens is 21. The molecule has 0 aliphatic carbocycles. The molecule has 756 valence electrons. The Labute approximate surface area is 899 Å². The van der Waals surface area contributed by atoms with Crippen molar-refractivity contribution in [3.05, 3.63) is 345 Å². The molecule has 0 unspecified atom stereocenters. The van der Waals surface area contributed by atoms with Gasteiger partial charge in [0.05, 0.1) is 84.6 Å². The van der Waals surface area contributed by atoms with Gasteiger partial charge >= 0.3 is 34.9 Å². The van der Waals surface area contributed by atoms with Crippen molar-refractivity contribution in [2.45, 2.75) is 53.4 Å². The molecule has 0 spiro atoms. The number of aryl methyl sites for hydroxylation is 22. The van der Waals surface area contributed by atoms with Crippen LogP contribution in [0.1, 0.15) is 49.9 Å². The summed E-state index contributed by atoms with van der Waals surface area (Å²) >= 11 is 0. The fourth-order valence-corrected chi connectivity index (χ4v) is 20.0. The van der Waals surface area contributed by atoms with E-state index >= 15 is 0 Å². The number of imidazole rings is 6. The zero-order valence-corrected chi connectivity index (χ0v) is 95.4. The van der Waals surface area contributed by atoms with Crippen LogP contribution in [-0.4, -0.2) is 64.1 Å². The van der Waals surface area contributed by atoms with Crippen molar-refractivity contribution >= 4 is 66.2 Å². The van der Waals surface area contributed by atoms with E-state index in [1.165, 1.54) is 192 Å². The van der Waals surface area contributed by atoms with Gasteiger partial charge < -0.3 is 15.3 Å². The smallest absolute Gasteiger partial charge is 0.355 e. The molecule has 6 aromatic carbocycles. The molecule has 0 fully saturated rings. The summed E-state index contributed by atoms with van der Waals surface area (Å²) in [5.41, 5.74) is 34.8. The Kier molecular flexibility index (Phi) is 40.1. The molecule has 15 heterocycles. The van der Waals surface area contributed by atoms with Gasteiger partial charge in [-0.25, -0.2) is 54.8 Å². The summed E-state index contributed by atoms with van der Waals surface area (Å²) in [6.45, 7) is 8.78. The van der Waals surface area contributed by atoms with Crippen LogP contribution in [-0.2, 0) is 232 Å². The van der Waals surface area contributed by atoms with Crippen LogP contribution >= 0.6 is 0 Å². The van der Waals surface area contributed by atoms with E-state index in [0.717, 1.165) is 47.0 Å². The van der Waals surface area contributed by atoms with Gasteiger partial charge in [0.25, 0.3) is 68.3 Å². The number of benzene rings is 6. The number of aliphatic hydroxyl groups excluding tert-OH is 3. The number of pyridine rings is 9. The van der Waals surface area contributed by atoms with Crippen LogP contribution in [0.3, 0.4) is 0 Å². The predicted molar refractivity (Wildman–Crippen MR) is 566 cm³/mol. The Morgan fingerprint density at radius 3 is 0.479 bits per heavy atom. The van der Waals surface area contributed by atoms with Crippen LogP contribution in [0.2, 0.25) is 0 Å². The first-order valence-corrected chi connectivity index (χ1v) is 48.9. The first kappa shape index (κ1) is 114. The van der Waals surface area contributed by atoms with Crippen LogP contribution in [0.25, 0.3) is 169 Å². The van der Waals surface area contributed by atoms with Crippen molar-refractivity contribution in [2.75, 3.05) is 21.3 Å². The third-order valence-corrected chi connectivity index (χ3v) is 27.9. The van der Waals surface area contributed by atoms with E-state index in [4.69, 9.17) is 15.3 Å². The number of nitrogens with zero attached hydrogens (tertiary/aromatic N) is 21. The second-order valence-electron chi connectivity index (χ2n) is 36.1. The van der Waals surface area contributed by atoms with E-state index in [0.29, 0.717) is 0 Å². The van der Waals surface area contributed by atoms with Gasteiger partial charge in [-0.1, -0.05) is 100 Å². The van der Waals surface area contributed by atoms with Gasteiger partial charge in [0.15, 0.2) is 103 Å². The first-order valence-electron chi connectivity index (χ1n) is 48.9. The summed E-state index contributed by atoms with van der Waals surface area (Å²) in [5.74, 6) is 7.07. The van der Waals surface area contributed by atoms with Gasteiger partial charge in [-0.3, -0.25) is 0 Å². The van der Waals surface area contributed by atoms with E-state index in [-0.39, 0.29) is 58.4 Å². The molecule has 0 bridgehead atoms. The minimum atomic E-state index is 0. The summed E-state index contributed by atoms with van der Waals surface area (Å²) in [7, 11) is 47.7. The standard InChI is InChI=1S/3C24H26N5.2C16H22N2.C12H14N2.3CH4O.3Ru/c3*1-25-21(23-26(2)17-11-6-7-12-18(17)27(23)3)15-10-16-22(25)24-28(4)19-13-8-9-14-20(19)29(24)5;2*1-5-13-7-9-17(3)15(11-13)16-12-14(6-2)8-10-18(16)4;1-13-9-5-3-7-11(13)12-8-4-6-10-14(12)2;3*1-2;;;/h3*6-16H,1-5H3;2*7-12H,5-6H2,1-4H3;3-10H,1-2H3;3*2H,1H3;;;/q3*+3;3*+2;;;;;;. The number of hydrogen-bond donors (Lipinski definition) is 3. The Morgan fingerprint density at radius 2 is 0.322 bits per heavy atom. The maximum absolute atomic E-state index is 7.00. The van der Waals surface area contributed by atoms with Crippen molar-refractivity contribution in [1.82, 2.24) is 27.4 Å². The average molecular weight is 2220 g/mol. The molecular weight excluding hydrogens is 2070 g/mol. The van der Waals surface area contributed by atoms with Gasteiger partial charge in [0.1, 0.15) is 63.4 Å². The van der Waals surface area contributed by atoms with Gasteiger partial charge in [-0.2, -0.15) is 41.1 Å². The van der Waals surface area contributed by atoms with Gasteiger partial charge in [0, 0.05) is 189 Å². The molecule has 0 saturated heterocycles. The van der Waals surface area contributed by atoms with Crippen LogP contribution < -0.4 is 68.5 Å². The molecule has 3 N–H and O–H groups in total. The second kappa shape index (κ2) is 51.3. The SMILES string of the molecule is CCc1cc[n+](C)c(-c2cc(CC)cc[n+]2C)c1.CCc1cc[n+](C)c(-c2cc(CC)cc[n+]2C)c1.CO.CO.CO.C[n+]1ccccc1-c1cccc[n+]1C.Cn1c(-c2cccc(-c3n(C)c4ccccc4[n+]3C)[n+]2C)[n+](C)c2ccccc21.Cn1c(-c2cccc(-c3n(C)c4ccccc4[n+]3C)[n+]2C)[n+](C)c2ccccc21.Cn1c(-c2cccc(-c3n(C)c4ccccc4[n+]3C)[n+]2C)[n+](C)c2ccccc21.[Ru].[Ru].[Ru]. The number of fused-ring (bicyclic) bond motifs is 6. The number of para-hydroxylation sites is 12. The Morgan fingerprint density at radius 1 is 0.171 bits per heavy atom. The number of aliphatic hydroxyl groups is 3. The fraction of sp³-hybridized carbons (Fsp3) is 0.269. The minimum Gasteiger partial charge on any atom is -0.400 e. The number of hydrogen-bond acceptors (Lipinski definition) is 3. The molecular formula is C119H148N21O3Ru3+15. The van der Waals surface area contributed by atoms with E-state index in [1.54, 1.807) is 0 Å². The molecule has 24 nitrogen and oxygen atoms in total. The van der Waals surface area contributed by atoms with E-state index < -0.39 is 0 Å². The Hall–Kier alpha value is -13.8. The Balaban J connectivity index is 0.000000180. The van der Waals surface area contributed by atoms with E-state index in [9.17, 15) is 0 Å². The van der Waals surface area contributed by atoms with Crippen LogP contribution in [0, 0.1) is 0 Å². The van der Waals surface area contributed by atoms with E-state index in [1.807, 2.05) is 12.1 Å². The van der Waals surface area contributed by atoms with E-state index in [2.05, 4.69) is 582 Å². The summed E-state index contributed by atoms with van der Waals surface area (Å²) in [6.07, 6.45) is 17.0.